The molecule has 0 saturated carbocycles. The number of thioether (sulfide) groups is 1. The lowest BCUT2D eigenvalue weighted by molar-refractivity contribution is 0.226. The second-order valence-corrected chi connectivity index (χ2v) is 6.63. The molecular weight excluding hydrogens is 284 g/mol. The molecule has 1 rings (SSSR count). The topological polar surface area (TPSA) is 20.2 Å². The Hall–Kier alpha value is 0.01000. The molecule has 0 aliphatic carbocycles. The van der Waals surface area contributed by atoms with Crippen molar-refractivity contribution in [2.45, 2.75) is 37.2 Å². The van der Waals surface area contributed by atoms with E-state index in [1.165, 1.54) is 10.5 Å². The van der Waals surface area contributed by atoms with Crippen molar-refractivity contribution in [3.05, 3.63) is 29.8 Å². The van der Waals surface area contributed by atoms with Gasteiger partial charge in [0.15, 0.2) is 0 Å². The Balaban J connectivity index is 2.58. The molecule has 1 aromatic carbocycles. The summed E-state index contributed by atoms with van der Waals surface area (Å²) in [6, 6.07) is 8.60. The van der Waals surface area contributed by atoms with E-state index in [9.17, 15) is 5.11 Å². The highest BCUT2D eigenvalue weighted by Crippen LogP contribution is 2.25. The number of hydrogen-bond donors (Lipinski definition) is 1. The summed E-state index contributed by atoms with van der Waals surface area (Å²) in [5, 5.41) is 10.1. The smallest absolute Gasteiger partial charge is 0.0730 e. The first-order chi connectivity index (χ1) is 7.43. The van der Waals surface area contributed by atoms with Crippen LogP contribution in [0.15, 0.2) is 29.2 Å². The minimum absolute atomic E-state index is 0.207. The standard InChI is InChI=1S/C13H19BrOS/c1-13(2,3)10-4-6-12(7-5-10)16-9-11(15)8-14/h4-7,11,15H,8-9H2,1-3H3. The van der Waals surface area contributed by atoms with E-state index in [0.29, 0.717) is 5.33 Å². The molecule has 1 nitrogen and oxygen atoms in total. The molecule has 0 bridgehead atoms. The minimum atomic E-state index is -0.271. The van der Waals surface area contributed by atoms with Crippen molar-refractivity contribution in [1.29, 1.82) is 0 Å². The SMILES string of the molecule is CC(C)(C)c1ccc(SCC(O)CBr)cc1. The number of alkyl halides is 1. The van der Waals surface area contributed by atoms with Gasteiger partial charge in [0.25, 0.3) is 0 Å². The number of aliphatic hydroxyl groups excluding tert-OH is 1. The molecule has 1 aromatic rings. The molecule has 0 fully saturated rings. The third kappa shape index (κ3) is 4.48. The molecule has 0 amide bonds. The molecular formula is C13H19BrOS. The minimum Gasteiger partial charge on any atom is -0.391 e. The highest BCUT2D eigenvalue weighted by molar-refractivity contribution is 9.09. The summed E-state index contributed by atoms with van der Waals surface area (Å²) >= 11 is 4.96. The normalized spacial score (nSPS) is 13.8. The Bertz CT molecular complexity index is 316. The van der Waals surface area contributed by atoms with Crippen molar-refractivity contribution in [3.8, 4) is 0 Å². The van der Waals surface area contributed by atoms with Crippen molar-refractivity contribution in [3.63, 3.8) is 0 Å². The number of hydrogen-bond acceptors (Lipinski definition) is 2. The zero-order valence-corrected chi connectivity index (χ0v) is 12.4. The fourth-order valence-electron chi connectivity index (χ4n) is 1.29. The first-order valence-corrected chi connectivity index (χ1v) is 7.51. The Morgan fingerprint density at radius 2 is 1.81 bits per heavy atom. The van der Waals surface area contributed by atoms with Gasteiger partial charge in [-0.3, -0.25) is 0 Å². The fraction of sp³-hybridized carbons (Fsp3) is 0.538. The molecule has 1 N–H and O–H groups in total. The van der Waals surface area contributed by atoms with Crippen molar-refractivity contribution < 1.29 is 5.11 Å². The van der Waals surface area contributed by atoms with Gasteiger partial charge in [0.05, 0.1) is 6.10 Å². The largest absolute Gasteiger partial charge is 0.391 e. The van der Waals surface area contributed by atoms with Crippen LogP contribution >= 0.6 is 27.7 Å². The molecule has 0 heterocycles. The van der Waals surface area contributed by atoms with Crippen LogP contribution in [0.2, 0.25) is 0 Å². The molecule has 16 heavy (non-hydrogen) atoms. The zero-order chi connectivity index (χ0) is 12.2. The van der Waals surface area contributed by atoms with Crippen molar-refractivity contribution in [1.82, 2.24) is 0 Å². The summed E-state index contributed by atoms with van der Waals surface area (Å²) in [6.45, 7) is 6.64. The Kier molecular flexibility index (Phi) is 5.35. The summed E-state index contributed by atoms with van der Waals surface area (Å²) in [7, 11) is 0. The lowest BCUT2D eigenvalue weighted by Gasteiger charge is -2.19. The number of rotatable bonds is 4. The van der Waals surface area contributed by atoms with Crippen LogP contribution in [0, 0.1) is 0 Å². The van der Waals surface area contributed by atoms with Crippen LogP contribution in [0.5, 0.6) is 0 Å². The summed E-state index contributed by atoms with van der Waals surface area (Å²) < 4.78 is 0. The molecule has 0 aromatic heterocycles. The number of benzene rings is 1. The van der Waals surface area contributed by atoms with Crippen LogP contribution in [0.25, 0.3) is 0 Å². The van der Waals surface area contributed by atoms with E-state index in [2.05, 4.69) is 61.0 Å². The predicted octanol–water partition coefficient (Wildman–Crippen LogP) is 3.83. The van der Waals surface area contributed by atoms with E-state index >= 15 is 0 Å². The molecule has 90 valence electrons. The van der Waals surface area contributed by atoms with Crippen molar-refractivity contribution >= 4 is 27.7 Å². The van der Waals surface area contributed by atoms with Gasteiger partial charge in [-0.1, -0.05) is 48.8 Å². The third-order valence-corrected chi connectivity index (χ3v) is 4.25. The van der Waals surface area contributed by atoms with Crippen LogP contribution in [-0.4, -0.2) is 22.3 Å². The highest BCUT2D eigenvalue weighted by Gasteiger charge is 2.12. The van der Waals surface area contributed by atoms with Gasteiger partial charge in [0, 0.05) is 16.0 Å². The maximum atomic E-state index is 9.44. The van der Waals surface area contributed by atoms with Crippen LogP contribution < -0.4 is 0 Å². The average molecular weight is 303 g/mol. The van der Waals surface area contributed by atoms with Crippen LogP contribution in [0.1, 0.15) is 26.3 Å². The van der Waals surface area contributed by atoms with Crippen LogP contribution in [0.3, 0.4) is 0 Å². The summed E-state index contributed by atoms with van der Waals surface area (Å²) in [4.78, 5) is 1.22. The van der Waals surface area contributed by atoms with Gasteiger partial charge in [0.1, 0.15) is 0 Å². The van der Waals surface area contributed by atoms with Crippen molar-refractivity contribution in [2.75, 3.05) is 11.1 Å². The second-order valence-electron chi connectivity index (χ2n) is 4.89. The predicted molar refractivity (Wildman–Crippen MR) is 75.7 cm³/mol. The summed E-state index contributed by atoms with van der Waals surface area (Å²) in [5.74, 6) is 0.736. The Morgan fingerprint density at radius 1 is 1.25 bits per heavy atom. The maximum absolute atomic E-state index is 9.44. The quantitative estimate of drug-likeness (QED) is 0.674. The monoisotopic (exact) mass is 302 g/mol. The van der Waals surface area contributed by atoms with Gasteiger partial charge in [-0.25, -0.2) is 0 Å². The molecule has 0 spiro atoms. The summed E-state index contributed by atoms with van der Waals surface area (Å²) in [5.41, 5.74) is 1.55. The first kappa shape index (κ1) is 14.1. The number of aliphatic hydroxyl groups is 1. The van der Waals surface area contributed by atoms with Gasteiger partial charge >= 0.3 is 0 Å². The second kappa shape index (κ2) is 6.08. The lowest BCUT2D eigenvalue weighted by Crippen LogP contribution is -2.11. The van der Waals surface area contributed by atoms with E-state index in [-0.39, 0.29) is 11.5 Å². The van der Waals surface area contributed by atoms with E-state index < -0.39 is 0 Å². The van der Waals surface area contributed by atoms with Gasteiger partial charge in [0.2, 0.25) is 0 Å². The van der Waals surface area contributed by atoms with Crippen molar-refractivity contribution in [2.24, 2.45) is 0 Å². The highest BCUT2D eigenvalue weighted by atomic mass is 79.9. The van der Waals surface area contributed by atoms with E-state index in [1.807, 2.05) is 0 Å². The molecule has 1 unspecified atom stereocenters. The first-order valence-electron chi connectivity index (χ1n) is 5.41. The molecule has 1 atom stereocenters. The molecule has 0 radical (unpaired) electrons. The Morgan fingerprint density at radius 3 is 2.25 bits per heavy atom. The molecule has 0 saturated heterocycles. The Labute approximate surface area is 111 Å². The van der Waals surface area contributed by atoms with Gasteiger partial charge in [-0.15, -0.1) is 11.8 Å². The van der Waals surface area contributed by atoms with Gasteiger partial charge < -0.3 is 5.11 Å². The van der Waals surface area contributed by atoms with E-state index in [4.69, 9.17) is 0 Å². The molecule has 0 aliphatic heterocycles. The zero-order valence-electron chi connectivity index (χ0n) is 10.0. The van der Waals surface area contributed by atoms with Crippen LogP contribution in [-0.2, 0) is 5.41 Å². The van der Waals surface area contributed by atoms with E-state index in [0.717, 1.165) is 5.75 Å². The van der Waals surface area contributed by atoms with Gasteiger partial charge in [-0.2, -0.15) is 0 Å². The molecule has 3 heteroatoms. The van der Waals surface area contributed by atoms with E-state index in [1.54, 1.807) is 11.8 Å². The van der Waals surface area contributed by atoms with Gasteiger partial charge in [-0.05, 0) is 23.1 Å². The molecule has 0 aliphatic rings. The fourth-order valence-corrected chi connectivity index (χ4v) is 2.65. The lowest BCUT2D eigenvalue weighted by atomic mass is 9.87. The maximum Gasteiger partial charge on any atom is 0.0730 e. The average Bonchev–Trinajstić information content (AvgIpc) is 2.25. The van der Waals surface area contributed by atoms with Crippen LogP contribution in [0.4, 0.5) is 0 Å². The summed E-state index contributed by atoms with van der Waals surface area (Å²) in [6.07, 6.45) is -0.271. The number of halogens is 1. The third-order valence-electron chi connectivity index (χ3n) is 2.34.